The van der Waals surface area contributed by atoms with Crippen LogP contribution in [0.25, 0.3) is 0 Å². The second kappa shape index (κ2) is 8.23. The minimum absolute atomic E-state index is 0.202. The number of thiophene rings is 1. The quantitative estimate of drug-likeness (QED) is 0.776. The third-order valence-electron chi connectivity index (χ3n) is 5.01. The predicted molar refractivity (Wildman–Crippen MR) is 108 cm³/mol. The largest absolute Gasteiger partial charge is 0.462 e. The summed E-state index contributed by atoms with van der Waals surface area (Å²) in [7, 11) is 0. The fourth-order valence-electron chi connectivity index (χ4n) is 3.38. The molecule has 1 aliphatic rings. The van der Waals surface area contributed by atoms with Gasteiger partial charge in [0, 0.05) is 12.0 Å². The molecule has 1 atom stereocenters. The summed E-state index contributed by atoms with van der Waals surface area (Å²) in [5.41, 5.74) is 3.26. The molecule has 2 aromatic rings. The Morgan fingerprint density at radius 3 is 2.59 bits per heavy atom. The molecule has 2 heterocycles. The Bertz CT molecular complexity index is 840. The molecule has 0 radical (unpaired) electrons. The molecule has 144 valence electrons. The van der Waals surface area contributed by atoms with Gasteiger partial charge in [-0.1, -0.05) is 17.7 Å². The molecular formula is C21H27N2O3S+. The van der Waals surface area contributed by atoms with Gasteiger partial charge in [-0.25, -0.2) is 4.79 Å². The number of nitrogens with one attached hydrogen (secondary N) is 2. The Morgan fingerprint density at radius 2 is 1.96 bits per heavy atom. The molecule has 3 rings (SSSR count). The Kier molecular flexibility index (Phi) is 5.97. The lowest BCUT2D eigenvalue weighted by molar-refractivity contribution is -0.936. The number of amides is 1. The monoisotopic (exact) mass is 387 g/mol. The number of quaternary nitrogens is 1. The van der Waals surface area contributed by atoms with Crippen molar-refractivity contribution >= 4 is 28.2 Å². The summed E-state index contributed by atoms with van der Waals surface area (Å²) < 4.78 is 5.28. The van der Waals surface area contributed by atoms with E-state index in [-0.39, 0.29) is 11.9 Å². The highest BCUT2D eigenvalue weighted by Gasteiger charge is 2.32. The van der Waals surface area contributed by atoms with Crippen molar-refractivity contribution in [1.82, 2.24) is 0 Å². The van der Waals surface area contributed by atoms with Gasteiger partial charge >= 0.3 is 5.97 Å². The first-order valence-electron chi connectivity index (χ1n) is 9.45. The van der Waals surface area contributed by atoms with Crippen LogP contribution < -0.4 is 10.2 Å². The van der Waals surface area contributed by atoms with Gasteiger partial charge in [-0.05, 0) is 45.4 Å². The van der Waals surface area contributed by atoms with Crippen molar-refractivity contribution in [2.75, 3.05) is 18.5 Å². The fourth-order valence-corrected chi connectivity index (χ4v) is 4.66. The second-order valence-corrected chi connectivity index (χ2v) is 8.34. The standard InChI is InChI=1S/C21H26N2O3S/c1-5-26-21(25)18-16-10-11-23(13(2)3)12-17(16)27-20(18)22-19(24)15-8-6-14(4)7-9-15/h6-9,13H,5,10-12H2,1-4H3,(H,22,24)/p+1. The number of ether oxygens (including phenoxy) is 1. The molecule has 27 heavy (non-hydrogen) atoms. The smallest absolute Gasteiger partial charge is 0.341 e. The van der Waals surface area contributed by atoms with Gasteiger partial charge in [0.1, 0.15) is 11.5 Å². The van der Waals surface area contributed by atoms with Crippen LogP contribution >= 0.6 is 11.3 Å². The Balaban J connectivity index is 1.92. The maximum Gasteiger partial charge on any atom is 0.341 e. The van der Waals surface area contributed by atoms with Crippen LogP contribution in [0.4, 0.5) is 5.00 Å². The van der Waals surface area contributed by atoms with Crippen LogP contribution in [0, 0.1) is 6.92 Å². The number of hydrogen-bond acceptors (Lipinski definition) is 4. The van der Waals surface area contributed by atoms with Crippen molar-refractivity contribution in [2.24, 2.45) is 0 Å². The van der Waals surface area contributed by atoms with E-state index in [1.54, 1.807) is 19.1 Å². The highest BCUT2D eigenvalue weighted by molar-refractivity contribution is 7.17. The number of aryl methyl sites for hydroxylation is 1. The molecule has 0 bridgehead atoms. The number of carbonyl (C=O) groups is 2. The highest BCUT2D eigenvalue weighted by Crippen LogP contribution is 2.35. The molecule has 0 saturated heterocycles. The van der Waals surface area contributed by atoms with Gasteiger partial charge in [0.2, 0.25) is 0 Å². The SMILES string of the molecule is CCOC(=O)c1c(NC(=O)c2ccc(C)cc2)sc2c1CC[NH+](C(C)C)C2. The second-order valence-electron chi connectivity index (χ2n) is 7.24. The van der Waals surface area contributed by atoms with Crippen LogP contribution in [0.2, 0.25) is 0 Å². The van der Waals surface area contributed by atoms with E-state index in [1.807, 2.05) is 19.1 Å². The molecule has 0 spiro atoms. The molecule has 1 unspecified atom stereocenters. The summed E-state index contributed by atoms with van der Waals surface area (Å²) in [6.45, 7) is 10.4. The van der Waals surface area contributed by atoms with E-state index in [1.165, 1.54) is 21.1 Å². The first-order chi connectivity index (χ1) is 12.9. The van der Waals surface area contributed by atoms with E-state index in [9.17, 15) is 9.59 Å². The van der Waals surface area contributed by atoms with Crippen molar-refractivity contribution in [3.8, 4) is 0 Å². The molecular weight excluding hydrogens is 360 g/mol. The number of fused-ring (bicyclic) bond motifs is 1. The van der Waals surface area contributed by atoms with Crippen molar-refractivity contribution in [2.45, 2.75) is 46.7 Å². The Labute approximate surface area is 164 Å². The zero-order valence-corrected chi connectivity index (χ0v) is 17.2. The summed E-state index contributed by atoms with van der Waals surface area (Å²) in [4.78, 5) is 28.0. The van der Waals surface area contributed by atoms with Crippen LogP contribution in [0.3, 0.4) is 0 Å². The number of carbonyl (C=O) groups excluding carboxylic acids is 2. The van der Waals surface area contributed by atoms with Gasteiger partial charge in [-0.3, -0.25) is 4.79 Å². The maximum atomic E-state index is 12.7. The average Bonchev–Trinajstić information content (AvgIpc) is 2.99. The van der Waals surface area contributed by atoms with E-state index in [0.29, 0.717) is 28.8 Å². The average molecular weight is 388 g/mol. The molecule has 0 fully saturated rings. The van der Waals surface area contributed by atoms with Crippen molar-refractivity contribution in [1.29, 1.82) is 0 Å². The molecule has 1 aromatic carbocycles. The van der Waals surface area contributed by atoms with Gasteiger partial charge in [-0.2, -0.15) is 0 Å². The number of rotatable bonds is 5. The molecule has 1 amide bonds. The summed E-state index contributed by atoms with van der Waals surface area (Å²) in [5.74, 6) is -0.547. The van der Waals surface area contributed by atoms with E-state index < -0.39 is 0 Å². The van der Waals surface area contributed by atoms with Gasteiger partial charge in [0.15, 0.2) is 0 Å². The van der Waals surface area contributed by atoms with Gasteiger partial charge < -0.3 is 15.0 Å². The lowest BCUT2D eigenvalue weighted by atomic mass is 10.0. The summed E-state index contributed by atoms with van der Waals surface area (Å²) >= 11 is 1.51. The van der Waals surface area contributed by atoms with Crippen molar-refractivity contribution in [3.63, 3.8) is 0 Å². The fraction of sp³-hybridized carbons (Fsp3) is 0.429. The van der Waals surface area contributed by atoms with E-state index >= 15 is 0 Å². The minimum atomic E-state index is -0.345. The maximum absolute atomic E-state index is 12.7. The molecule has 1 aromatic heterocycles. The molecule has 5 nitrogen and oxygen atoms in total. The van der Waals surface area contributed by atoms with Crippen LogP contribution in [0.15, 0.2) is 24.3 Å². The zero-order valence-electron chi connectivity index (χ0n) is 16.3. The zero-order chi connectivity index (χ0) is 19.6. The molecule has 6 heteroatoms. The summed E-state index contributed by atoms with van der Waals surface area (Å²) in [6, 6.07) is 7.94. The number of benzene rings is 1. The first-order valence-corrected chi connectivity index (χ1v) is 10.3. The number of anilines is 1. The number of hydrogen-bond donors (Lipinski definition) is 2. The molecule has 1 aliphatic heterocycles. The van der Waals surface area contributed by atoms with Crippen molar-refractivity contribution < 1.29 is 19.2 Å². The summed E-state index contributed by atoms with van der Waals surface area (Å²) in [6.07, 6.45) is 0.827. The molecule has 0 aliphatic carbocycles. The topological polar surface area (TPSA) is 59.8 Å². The first kappa shape index (κ1) is 19.6. The lowest BCUT2D eigenvalue weighted by Crippen LogP contribution is -3.14. The third-order valence-corrected chi connectivity index (χ3v) is 6.16. The third kappa shape index (κ3) is 4.22. The number of esters is 1. The highest BCUT2D eigenvalue weighted by atomic mass is 32.1. The predicted octanol–water partition coefficient (Wildman–Crippen LogP) is 2.83. The van der Waals surface area contributed by atoms with Gasteiger partial charge in [0.05, 0.1) is 29.6 Å². The van der Waals surface area contributed by atoms with E-state index in [0.717, 1.165) is 30.6 Å². The van der Waals surface area contributed by atoms with Crippen LogP contribution in [0.1, 0.15) is 57.5 Å². The lowest BCUT2D eigenvalue weighted by Gasteiger charge is -2.27. The van der Waals surface area contributed by atoms with Crippen LogP contribution in [-0.2, 0) is 17.7 Å². The van der Waals surface area contributed by atoms with E-state index in [4.69, 9.17) is 4.74 Å². The normalized spacial score (nSPS) is 16.1. The molecule has 0 saturated carbocycles. The van der Waals surface area contributed by atoms with Gasteiger partial charge in [-0.15, -0.1) is 11.3 Å². The van der Waals surface area contributed by atoms with Crippen LogP contribution in [-0.4, -0.2) is 31.1 Å². The Hall–Kier alpha value is -2.18. The van der Waals surface area contributed by atoms with Crippen LogP contribution in [0.5, 0.6) is 0 Å². The Morgan fingerprint density at radius 1 is 1.26 bits per heavy atom. The summed E-state index contributed by atoms with van der Waals surface area (Å²) in [5, 5.41) is 3.56. The minimum Gasteiger partial charge on any atom is -0.462 e. The van der Waals surface area contributed by atoms with E-state index in [2.05, 4.69) is 19.2 Å². The molecule has 2 N–H and O–H groups in total. The van der Waals surface area contributed by atoms with Crippen molar-refractivity contribution in [3.05, 3.63) is 51.4 Å². The van der Waals surface area contributed by atoms with Gasteiger partial charge in [0.25, 0.3) is 5.91 Å².